The molecule has 82 valence electrons. The number of benzene rings is 1. The quantitative estimate of drug-likeness (QED) is 0.838. The van der Waals surface area contributed by atoms with Crippen molar-refractivity contribution in [2.24, 2.45) is 5.73 Å². The number of amides is 1. The molecule has 1 heterocycles. The van der Waals surface area contributed by atoms with Crippen molar-refractivity contribution in [3.05, 3.63) is 42.9 Å². The van der Waals surface area contributed by atoms with Crippen LogP contribution in [0.1, 0.15) is 6.42 Å². The predicted molar refractivity (Wildman–Crippen MR) is 61.5 cm³/mol. The van der Waals surface area contributed by atoms with Crippen molar-refractivity contribution in [2.75, 3.05) is 0 Å². The van der Waals surface area contributed by atoms with Crippen molar-refractivity contribution in [1.82, 2.24) is 9.55 Å². The van der Waals surface area contributed by atoms with Gasteiger partial charge < -0.3 is 10.3 Å². The van der Waals surface area contributed by atoms with Gasteiger partial charge in [-0.25, -0.2) is 4.98 Å². The third-order valence-corrected chi connectivity index (χ3v) is 2.32. The molecule has 0 unspecified atom stereocenters. The largest absolute Gasteiger partial charge is 0.370 e. The molecule has 4 nitrogen and oxygen atoms in total. The molecule has 0 aliphatic carbocycles. The van der Waals surface area contributed by atoms with E-state index in [1.165, 1.54) is 0 Å². The highest BCUT2D eigenvalue weighted by Crippen LogP contribution is 2.15. The van der Waals surface area contributed by atoms with Crippen LogP contribution in [-0.4, -0.2) is 15.5 Å². The van der Waals surface area contributed by atoms with Gasteiger partial charge in [-0.1, -0.05) is 30.3 Å². The van der Waals surface area contributed by atoms with E-state index in [2.05, 4.69) is 4.98 Å². The third-order valence-electron chi connectivity index (χ3n) is 2.32. The molecule has 16 heavy (non-hydrogen) atoms. The number of aryl methyl sites for hydroxylation is 1. The van der Waals surface area contributed by atoms with Gasteiger partial charge in [0.25, 0.3) is 0 Å². The number of nitrogens with two attached hydrogens (primary N) is 1. The second-order valence-corrected chi connectivity index (χ2v) is 3.58. The first-order valence-corrected chi connectivity index (χ1v) is 5.11. The monoisotopic (exact) mass is 215 g/mol. The van der Waals surface area contributed by atoms with Crippen molar-refractivity contribution in [3.63, 3.8) is 0 Å². The molecule has 2 N–H and O–H groups in total. The number of primary amides is 1. The van der Waals surface area contributed by atoms with Crippen LogP contribution in [0.2, 0.25) is 0 Å². The molecule has 1 aromatic carbocycles. The van der Waals surface area contributed by atoms with Crippen LogP contribution in [0.15, 0.2) is 42.9 Å². The maximum Gasteiger partial charge on any atom is 0.219 e. The molecule has 2 aromatic rings. The number of aromatic nitrogens is 2. The van der Waals surface area contributed by atoms with Gasteiger partial charge in [0.2, 0.25) is 5.91 Å². The third kappa shape index (κ3) is 2.48. The van der Waals surface area contributed by atoms with Gasteiger partial charge in [0.1, 0.15) is 0 Å². The maximum atomic E-state index is 10.6. The van der Waals surface area contributed by atoms with Gasteiger partial charge in [-0.3, -0.25) is 4.79 Å². The van der Waals surface area contributed by atoms with Crippen LogP contribution in [-0.2, 0) is 11.3 Å². The summed E-state index contributed by atoms with van der Waals surface area (Å²) in [5.41, 5.74) is 7.06. The Morgan fingerprint density at radius 2 is 2.06 bits per heavy atom. The molecule has 0 aliphatic heterocycles. The van der Waals surface area contributed by atoms with Crippen molar-refractivity contribution in [3.8, 4) is 11.3 Å². The molecule has 0 saturated carbocycles. The Balaban J connectivity index is 2.11. The molecular weight excluding hydrogens is 202 g/mol. The molecule has 0 aliphatic rings. The lowest BCUT2D eigenvalue weighted by Gasteiger charge is -1.97. The zero-order chi connectivity index (χ0) is 11.4. The highest BCUT2D eigenvalue weighted by atomic mass is 16.1. The van der Waals surface area contributed by atoms with Gasteiger partial charge in [-0.15, -0.1) is 0 Å². The normalized spacial score (nSPS) is 10.2. The van der Waals surface area contributed by atoms with Crippen LogP contribution >= 0.6 is 0 Å². The molecule has 0 saturated heterocycles. The fraction of sp³-hybridized carbons (Fsp3) is 0.167. The summed E-state index contributed by atoms with van der Waals surface area (Å²) < 4.78 is 1.87. The average molecular weight is 215 g/mol. The van der Waals surface area contributed by atoms with Gasteiger partial charge in [0.15, 0.2) is 0 Å². The molecule has 0 atom stereocenters. The fourth-order valence-corrected chi connectivity index (χ4v) is 1.48. The SMILES string of the molecule is NC(=O)CCn1cnc(-c2ccccc2)c1. The van der Waals surface area contributed by atoms with E-state index < -0.39 is 0 Å². The van der Waals surface area contributed by atoms with Crippen LogP contribution in [0.25, 0.3) is 11.3 Å². The minimum Gasteiger partial charge on any atom is -0.370 e. The zero-order valence-electron chi connectivity index (χ0n) is 8.84. The Bertz CT molecular complexity index is 476. The van der Waals surface area contributed by atoms with Gasteiger partial charge >= 0.3 is 0 Å². The second kappa shape index (κ2) is 4.61. The van der Waals surface area contributed by atoms with E-state index >= 15 is 0 Å². The summed E-state index contributed by atoms with van der Waals surface area (Å²) in [6.07, 6.45) is 3.97. The molecule has 0 spiro atoms. The number of carbonyl (C=O) groups is 1. The van der Waals surface area contributed by atoms with Crippen molar-refractivity contribution >= 4 is 5.91 Å². The summed E-state index contributed by atoms with van der Waals surface area (Å²) in [5.74, 6) is -0.296. The van der Waals surface area contributed by atoms with E-state index in [4.69, 9.17) is 5.73 Å². The summed E-state index contributed by atoms with van der Waals surface area (Å²) in [6, 6.07) is 9.91. The number of rotatable bonds is 4. The Labute approximate surface area is 93.7 Å². The molecule has 1 amide bonds. The number of hydrogen-bond donors (Lipinski definition) is 1. The van der Waals surface area contributed by atoms with Crippen LogP contribution in [0.4, 0.5) is 0 Å². The minimum atomic E-state index is -0.296. The number of nitrogens with zero attached hydrogens (tertiary/aromatic N) is 2. The smallest absolute Gasteiger partial charge is 0.219 e. The van der Waals surface area contributed by atoms with E-state index in [0.29, 0.717) is 13.0 Å². The first-order chi connectivity index (χ1) is 7.75. The molecule has 1 aromatic heterocycles. The first kappa shape index (κ1) is 10.4. The van der Waals surface area contributed by atoms with Gasteiger partial charge in [-0.2, -0.15) is 0 Å². The lowest BCUT2D eigenvalue weighted by atomic mass is 10.2. The molecule has 0 fully saturated rings. The second-order valence-electron chi connectivity index (χ2n) is 3.58. The molecule has 4 heteroatoms. The van der Waals surface area contributed by atoms with E-state index in [-0.39, 0.29) is 5.91 Å². The van der Waals surface area contributed by atoms with Gasteiger partial charge in [0.05, 0.1) is 12.0 Å². The Kier molecular flexibility index (Phi) is 3.00. The average Bonchev–Trinajstić information content (AvgIpc) is 2.76. The van der Waals surface area contributed by atoms with Crippen LogP contribution in [0.5, 0.6) is 0 Å². The molecule has 2 rings (SSSR count). The highest BCUT2D eigenvalue weighted by Gasteiger charge is 2.02. The topological polar surface area (TPSA) is 60.9 Å². The predicted octanol–water partition coefficient (Wildman–Crippen LogP) is 1.43. The summed E-state index contributed by atoms with van der Waals surface area (Å²) in [4.78, 5) is 14.9. The Morgan fingerprint density at radius 1 is 1.31 bits per heavy atom. The summed E-state index contributed by atoms with van der Waals surface area (Å²) in [6.45, 7) is 0.579. The number of carbonyl (C=O) groups excluding carboxylic acids is 1. The molecule has 0 radical (unpaired) electrons. The standard InChI is InChI=1S/C12H13N3O/c13-12(16)6-7-15-8-11(14-9-15)10-4-2-1-3-5-10/h1-5,8-9H,6-7H2,(H2,13,16). The number of hydrogen-bond acceptors (Lipinski definition) is 2. The van der Waals surface area contributed by atoms with E-state index in [0.717, 1.165) is 11.3 Å². The first-order valence-electron chi connectivity index (χ1n) is 5.11. The van der Waals surface area contributed by atoms with Gasteiger partial charge in [0, 0.05) is 24.7 Å². The minimum absolute atomic E-state index is 0.296. The zero-order valence-corrected chi connectivity index (χ0v) is 8.84. The van der Waals surface area contributed by atoms with Crippen LogP contribution < -0.4 is 5.73 Å². The fourth-order valence-electron chi connectivity index (χ4n) is 1.48. The lowest BCUT2D eigenvalue weighted by molar-refractivity contribution is -0.118. The van der Waals surface area contributed by atoms with Crippen molar-refractivity contribution in [1.29, 1.82) is 0 Å². The van der Waals surface area contributed by atoms with Crippen LogP contribution in [0, 0.1) is 0 Å². The Morgan fingerprint density at radius 3 is 2.75 bits per heavy atom. The number of imidazole rings is 1. The maximum absolute atomic E-state index is 10.6. The summed E-state index contributed by atoms with van der Waals surface area (Å²) >= 11 is 0. The van der Waals surface area contributed by atoms with Crippen molar-refractivity contribution in [2.45, 2.75) is 13.0 Å². The van der Waals surface area contributed by atoms with Crippen molar-refractivity contribution < 1.29 is 4.79 Å². The Hall–Kier alpha value is -2.10. The summed E-state index contributed by atoms with van der Waals surface area (Å²) in [5, 5.41) is 0. The molecule has 0 bridgehead atoms. The summed E-state index contributed by atoms with van der Waals surface area (Å²) in [7, 11) is 0. The van der Waals surface area contributed by atoms with Crippen LogP contribution in [0.3, 0.4) is 0 Å². The van der Waals surface area contributed by atoms with E-state index in [1.807, 2.05) is 41.1 Å². The lowest BCUT2D eigenvalue weighted by Crippen LogP contribution is -2.13. The van der Waals surface area contributed by atoms with E-state index in [9.17, 15) is 4.79 Å². The molecular formula is C12H13N3O. The van der Waals surface area contributed by atoms with Gasteiger partial charge in [-0.05, 0) is 0 Å². The van der Waals surface area contributed by atoms with E-state index in [1.54, 1.807) is 6.33 Å². The highest BCUT2D eigenvalue weighted by molar-refractivity contribution is 5.73.